The number of urea groups is 1. The highest BCUT2D eigenvalue weighted by Gasteiger charge is 2.06. The molecule has 110 valence electrons. The Balaban J connectivity index is 2.16. The van der Waals surface area contributed by atoms with E-state index in [-0.39, 0.29) is 12.3 Å². The first-order chi connectivity index (χ1) is 9.47. The highest BCUT2D eigenvalue weighted by Crippen LogP contribution is 2.15. The fourth-order valence-corrected chi connectivity index (χ4v) is 1.58. The van der Waals surface area contributed by atoms with Crippen molar-refractivity contribution in [1.29, 1.82) is 0 Å². The Kier molecular flexibility index (Phi) is 6.83. The monoisotopic (exact) mass is 299 g/mol. The van der Waals surface area contributed by atoms with Crippen molar-refractivity contribution in [2.75, 3.05) is 26.7 Å². The van der Waals surface area contributed by atoms with Crippen LogP contribution in [-0.4, -0.2) is 43.6 Å². The standard InChI is InChI=1S/C13H18ClN3O3/c1-17(7-6-12(18)16-13(15)19)8-9-20-11-4-2-10(14)3-5-11/h2-5H,6-9H2,1H3,(H3,15,16,18,19). The van der Waals surface area contributed by atoms with Crippen LogP contribution in [0, 0.1) is 0 Å². The van der Waals surface area contributed by atoms with Gasteiger partial charge in [-0.15, -0.1) is 0 Å². The molecule has 1 rings (SSSR count). The topological polar surface area (TPSA) is 84.7 Å². The van der Waals surface area contributed by atoms with Crippen LogP contribution >= 0.6 is 11.6 Å². The lowest BCUT2D eigenvalue weighted by molar-refractivity contribution is -0.120. The molecule has 7 heteroatoms. The molecule has 0 unspecified atom stereocenters. The molecule has 0 spiro atoms. The molecule has 0 atom stereocenters. The van der Waals surface area contributed by atoms with E-state index < -0.39 is 6.03 Å². The third-order valence-corrected chi connectivity index (χ3v) is 2.79. The van der Waals surface area contributed by atoms with Gasteiger partial charge in [0.1, 0.15) is 12.4 Å². The number of hydrogen-bond acceptors (Lipinski definition) is 4. The van der Waals surface area contributed by atoms with Crippen LogP contribution in [0.25, 0.3) is 0 Å². The van der Waals surface area contributed by atoms with Crippen LogP contribution in [0.3, 0.4) is 0 Å². The van der Waals surface area contributed by atoms with Gasteiger partial charge < -0.3 is 15.4 Å². The maximum absolute atomic E-state index is 11.2. The number of ether oxygens (including phenoxy) is 1. The molecule has 0 radical (unpaired) electrons. The molecule has 0 bridgehead atoms. The number of benzene rings is 1. The molecule has 0 aromatic heterocycles. The van der Waals surface area contributed by atoms with Crippen LogP contribution in [0.1, 0.15) is 6.42 Å². The number of carbonyl (C=O) groups is 2. The number of amides is 3. The number of imide groups is 1. The van der Waals surface area contributed by atoms with E-state index in [2.05, 4.69) is 0 Å². The minimum Gasteiger partial charge on any atom is -0.492 e. The molecule has 0 aliphatic rings. The zero-order valence-corrected chi connectivity index (χ0v) is 12.0. The molecule has 0 aliphatic heterocycles. The Bertz CT molecular complexity index is 451. The number of primary amides is 1. The van der Waals surface area contributed by atoms with Gasteiger partial charge in [0.2, 0.25) is 5.91 Å². The summed E-state index contributed by atoms with van der Waals surface area (Å²) in [5.74, 6) is 0.359. The highest BCUT2D eigenvalue weighted by atomic mass is 35.5. The summed E-state index contributed by atoms with van der Waals surface area (Å²) in [6.45, 7) is 1.67. The number of nitrogens with two attached hydrogens (primary N) is 1. The van der Waals surface area contributed by atoms with Gasteiger partial charge in [-0.05, 0) is 31.3 Å². The van der Waals surface area contributed by atoms with E-state index in [0.717, 1.165) is 5.75 Å². The minimum absolute atomic E-state index is 0.209. The first-order valence-corrected chi connectivity index (χ1v) is 6.51. The molecule has 6 nitrogen and oxygen atoms in total. The fourth-order valence-electron chi connectivity index (χ4n) is 1.45. The summed E-state index contributed by atoms with van der Waals surface area (Å²) in [5, 5.41) is 2.68. The normalized spacial score (nSPS) is 10.3. The number of halogens is 1. The molecule has 3 N–H and O–H groups in total. The van der Waals surface area contributed by atoms with Gasteiger partial charge >= 0.3 is 6.03 Å². The van der Waals surface area contributed by atoms with Gasteiger partial charge in [-0.1, -0.05) is 11.6 Å². The molecule has 20 heavy (non-hydrogen) atoms. The summed E-state index contributed by atoms with van der Waals surface area (Å²) in [5.41, 5.74) is 4.84. The predicted octanol–water partition coefficient (Wildman–Crippen LogP) is 1.24. The smallest absolute Gasteiger partial charge is 0.318 e. The Morgan fingerprint density at radius 2 is 1.95 bits per heavy atom. The molecule has 0 aliphatic carbocycles. The first-order valence-electron chi connectivity index (χ1n) is 6.13. The fraction of sp³-hybridized carbons (Fsp3) is 0.385. The van der Waals surface area contributed by atoms with E-state index in [1.54, 1.807) is 24.3 Å². The average molecular weight is 300 g/mol. The van der Waals surface area contributed by atoms with E-state index in [1.807, 2.05) is 17.3 Å². The molecule has 1 aromatic carbocycles. The average Bonchev–Trinajstić information content (AvgIpc) is 2.38. The summed E-state index contributed by atoms with van der Waals surface area (Å²) >= 11 is 5.77. The molecule has 0 saturated heterocycles. The number of rotatable bonds is 7. The summed E-state index contributed by atoms with van der Waals surface area (Å²) in [4.78, 5) is 23.6. The van der Waals surface area contributed by atoms with Crippen LogP contribution in [0.5, 0.6) is 5.75 Å². The van der Waals surface area contributed by atoms with Crippen molar-refractivity contribution < 1.29 is 14.3 Å². The lowest BCUT2D eigenvalue weighted by Gasteiger charge is -2.16. The molecular weight excluding hydrogens is 282 g/mol. The van der Waals surface area contributed by atoms with E-state index in [9.17, 15) is 9.59 Å². The number of nitrogens with one attached hydrogen (secondary N) is 1. The van der Waals surface area contributed by atoms with Crippen molar-refractivity contribution in [2.24, 2.45) is 5.73 Å². The van der Waals surface area contributed by atoms with E-state index in [1.165, 1.54) is 0 Å². The maximum Gasteiger partial charge on any atom is 0.318 e. The predicted molar refractivity (Wildman–Crippen MR) is 76.8 cm³/mol. The Morgan fingerprint density at radius 3 is 2.55 bits per heavy atom. The minimum atomic E-state index is -0.830. The largest absolute Gasteiger partial charge is 0.492 e. The van der Waals surface area contributed by atoms with E-state index >= 15 is 0 Å². The molecule has 0 fully saturated rings. The zero-order chi connectivity index (χ0) is 15.0. The summed E-state index contributed by atoms with van der Waals surface area (Å²) in [7, 11) is 1.86. The van der Waals surface area contributed by atoms with Crippen molar-refractivity contribution in [1.82, 2.24) is 10.2 Å². The van der Waals surface area contributed by atoms with Gasteiger partial charge in [0.05, 0.1) is 0 Å². The second-order valence-electron chi connectivity index (χ2n) is 4.27. The molecular formula is C13H18ClN3O3. The number of nitrogens with zero attached hydrogens (tertiary/aromatic N) is 1. The first kappa shape index (κ1) is 16.3. The number of carbonyl (C=O) groups excluding carboxylic acids is 2. The van der Waals surface area contributed by atoms with Crippen molar-refractivity contribution in [3.05, 3.63) is 29.3 Å². The lowest BCUT2D eigenvalue weighted by atomic mass is 10.3. The summed E-state index contributed by atoms with van der Waals surface area (Å²) in [6, 6.07) is 6.28. The van der Waals surface area contributed by atoms with Gasteiger partial charge in [-0.3, -0.25) is 10.1 Å². The molecule has 3 amide bonds. The number of likely N-dealkylation sites (N-methyl/N-ethyl adjacent to an activating group) is 1. The quantitative estimate of drug-likeness (QED) is 0.793. The lowest BCUT2D eigenvalue weighted by Crippen LogP contribution is -2.37. The summed E-state index contributed by atoms with van der Waals surface area (Å²) < 4.78 is 5.53. The van der Waals surface area contributed by atoms with Crippen molar-refractivity contribution in [3.8, 4) is 5.75 Å². The van der Waals surface area contributed by atoms with E-state index in [0.29, 0.717) is 24.7 Å². The Hall–Kier alpha value is -1.79. The van der Waals surface area contributed by atoms with Crippen LogP contribution in [-0.2, 0) is 4.79 Å². The van der Waals surface area contributed by atoms with Crippen molar-refractivity contribution in [2.45, 2.75) is 6.42 Å². The van der Waals surface area contributed by atoms with E-state index in [4.69, 9.17) is 22.1 Å². The van der Waals surface area contributed by atoms with Gasteiger partial charge in [0.15, 0.2) is 0 Å². The Morgan fingerprint density at radius 1 is 1.30 bits per heavy atom. The second kappa shape index (κ2) is 8.39. The maximum atomic E-state index is 11.2. The third kappa shape index (κ3) is 6.96. The summed E-state index contributed by atoms with van der Waals surface area (Å²) in [6.07, 6.45) is 0.209. The van der Waals surface area contributed by atoms with Crippen LogP contribution in [0.2, 0.25) is 5.02 Å². The number of hydrogen-bond donors (Lipinski definition) is 2. The second-order valence-corrected chi connectivity index (χ2v) is 4.70. The van der Waals surface area contributed by atoms with Crippen LogP contribution in [0.4, 0.5) is 4.79 Å². The third-order valence-electron chi connectivity index (χ3n) is 2.54. The zero-order valence-electron chi connectivity index (χ0n) is 11.3. The van der Waals surface area contributed by atoms with Gasteiger partial charge in [0.25, 0.3) is 0 Å². The SMILES string of the molecule is CN(CCOc1ccc(Cl)cc1)CCC(=O)NC(N)=O. The van der Waals surface area contributed by atoms with Crippen LogP contribution in [0.15, 0.2) is 24.3 Å². The van der Waals surface area contributed by atoms with Gasteiger partial charge in [-0.2, -0.15) is 0 Å². The Labute approximate surface area is 122 Å². The van der Waals surface area contributed by atoms with Gasteiger partial charge in [-0.25, -0.2) is 4.79 Å². The molecule has 0 heterocycles. The van der Waals surface area contributed by atoms with Crippen molar-refractivity contribution in [3.63, 3.8) is 0 Å². The van der Waals surface area contributed by atoms with Gasteiger partial charge in [0, 0.05) is 24.5 Å². The van der Waals surface area contributed by atoms with Crippen molar-refractivity contribution >= 4 is 23.5 Å². The molecule has 0 saturated carbocycles. The highest BCUT2D eigenvalue weighted by molar-refractivity contribution is 6.30. The van der Waals surface area contributed by atoms with Crippen LogP contribution < -0.4 is 15.8 Å². The molecule has 1 aromatic rings.